The molecule has 0 aliphatic heterocycles. The topological polar surface area (TPSA) is 116 Å². The lowest BCUT2D eigenvalue weighted by molar-refractivity contribution is -0.152. The molecule has 4 atom stereocenters. The van der Waals surface area contributed by atoms with Gasteiger partial charge in [-0.3, -0.25) is 4.79 Å². The van der Waals surface area contributed by atoms with Crippen molar-refractivity contribution in [1.29, 1.82) is 0 Å². The minimum Gasteiger partial charge on any atom is -0.497 e. The maximum absolute atomic E-state index is 12.6. The van der Waals surface area contributed by atoms with E-state index < -0.39 is 11.9 Å². The summed E-state index contributed by atoms with van der Waals surface area (Å²) in [6, 6.07) is 19.3. The average Bonchev–Trinajstić information content (AvgIpc) is 3.06. The lowest BCUT2D eigenvalue weighted by Crippen LogP contribution is -2.28. The molecule has 0 aromatic heterocycles. The molecule has 242 valence electrons. The highest BCUT2D eigenvalue weighted by atomic mass is 16.6. The van der Waals surface area contributed by atoms with Crippen molar-refractivity contribution in [3.8, 4) is 23.0 Å². The van der Waals surface area contributed by atoms with Gasteiger partial charge in [-0.1, -0.05) is 13.8 Å². The molecule has 0 N–H and O–H groups in total. The van der Waals surface area contributed by atoms with E-state index in [1.165, 1.54) is 0 Å². The molecule has 0 amide bonds. The Morgan fingerprint density at radius 3 is 1.47 bits per heavy atom. The van der Waals surface area contributed by atoms with Gasteiger partial charge in [0.2, 0.25) is 0 Å². The fraction of sp³-hybridized carbons (Fsp3) is 0.400. The van der Waals surface area contributed by atoms with E-state index in [4.69, 9.17) is 33.2 Å². The second-order valence-electron chi connectivity index (χ2n) is 10.7. The summed E-state index contributed by atoms with van der Waals surface area (Å²) in [5.74, 6) is 0.426. The van der Waals surface area contributed by atoms with E-state index in [1.807, 2.05) is 34.6 Å². The molecule has 0 fully saturated rings. The van der Waals surface area contributed by atoms with Crippen LogP contribution in [0.15, 0.2) is 72.8 Å². The van der Waals surface area contributed by atoms with Crippen LogP contribution in [0.4, 0.5) is 0 Å². The third-order valence-corrected chi connectivity index (χ3v) is 6.70. The fourth-order valence-electron chi connectivity index (χ4n) is 3.77. The largest absolute Gasteiger partial charge is 0.497 e. The van der Waals surface area contributed by atoms with Crippen molar-refractivity contribution < 1.29 is 47.5 Å². The number of hydrogen-bond donors (Lipinski definition) is 0. The standard InChI is InChI=1S/C35H42O10/c1-7-23(2)33(36)42-21-25(4)40-20-24(3)41-22-26(5)43-30-14-10-28(11-15-30)35(38)45-32-18-16-31(17-19-32)44-34(37)27-8-12-29(39-6)13-9-27/h8-19,23-26H,7,20-22H2,1-6H3. The van der Waals surface area contributed by atoms with Gasteiger partial charge in [0.1, 0.15) is 35.7 Å². The number of benzene rings is 3. The molecule has 0 heterocycles. The van der Waals surface area contributed by atoms with Crippen molar-refractivity contribution in [3.63, 3.8) is 0 Å². The van der Waals surface area contributed by atoms with Crippen LogP contribution in [0, 0.1) is 5.92 Å². The van der Waals surface area contributed by atoms with Crippen LogP contribution in [0.5, 0.6) is 23.0 Å². The Morgan fingerprint density at radius 1 is 0.578 bits per heavy atom. The summed E-state index contributed by atoms with van der Waals surface area (Å²) >= 11 is 0. The van der Waals surface area contributed by atoms with Crippen LogP contribution in [-0.4, -0.2) is 63.2 Å². The maximum atomic E-state index is 12.6. The Hall–Kier alpha value is -4.41. The lowest BCUT2D eigenvalue weighted by Gasteiger charge is -2.21. The number of ether oxygens (including phenoxy) is 7. The highest BCUT2D eigenvalue weighted by Gasteiger charge is 2.16. The summed E-state index contributed by atoms with van der Waals surface area (Å²) in [7, 11) is 1.55. The van der Waals surface area contributed by atoms with Gasteiger partial charge in [-0.2, -0.15) is 0 Å². The molecule has 3 aromatic rings. The van der Waals surface area contributed by atoms with Crippen molar-refractivity contribution in [1.82, 2.24) is 0 Å². The molecule has 10 heteroatoms. The number of carbonyl (C=O) groups excluding carboxylic acids is 3. The number of hydrogen-bond acceptors (Lipinski definition) is 10. The van der Waals surface area contributed by atoms with Crippen LogP contribution in [0.1, 0.15) is 61.8 Å². The summed E-state index contributed by atoms with van der Waals surface area (Å²) < 4.78 is 38.7. The molecule has 0 saturated heterocycles. The van der Waals surface area contributed by atoms with E-state index in [2.05, 4.69) is 0 Å². The van der Waals surface area contributed by atoms with Gasteiger partial charge >= 0.3 is 17.9 Å². The van der Waals surface area contributed by atoms with Crippen LogP contribution in [0.25, 0.3) is 0 Å². The smallest absolute Gasteiger partial charge is 0.343 e. The zero-order valence-electron chi connectivity index (χ0n) is 26.6. The van der Waals surface area contributed by atoms with E-state index in [0.717, 1.165) is 6.42 Å². The second kappa shape index (κ2) is 17.8. The molecule has 45 heavy (non-hydrogen) atoms. The fourth-order valence-corrected chi connectivity index (χ4v) is 3.77. The van der Waals surface area contributed by atoms with Crippen LogP contribution in [0.3, 0.4) is 0 Å². The van der Waals surface area contributed by atoms with Gasteiger partial charge in [0.15, 0.2) is 0 Å². The second-order valence-corrected chi connectivity index (χ2v) is 10.7. The summed E-state index contributed by atoms with van der Waals surface area (Å²) in [5, 5.41) is 0. The van der Waals surface area contributed by atoms with Crippen LogP contribution in [0.2, 0.25) is 0 Å². The highest BCUT2D eigenvalue weighted by molar-refractivity contribution is 5.92. The molecule has 0 aliphatic carbocycles. The molecule has 10 nitrogen and oxygen atoms in total. The van der Waals surface area contributed by atoms with E-state index in [-0.39, 0.29) is 36.8 Å². The van der Waals surface area contributed by atoms with Crippen LogP contribution < -0.4 is 18.9 Å². The minimum absolute atomic E-state index is 0.123. The normalized spacial score (nSPS) is 13.6. The summed E-state index contributed by atoms with van der Waals surface area (Å²) in [4.78, 5) is 36.8. The first-order valence-electron chi connectivity index (χ1n) is 14.9. The number of rotatable bonds is 17. The van der Waals surface area contributed by atoms with Gasteiger partial charge in [-0.15, -0.1) is 0 Å². The molecule has 3 aromatic carbocycles. The lowest BCUT2D eigenvalue weighted by atomic mass is 10.1. The summed E-state index contributed by atoms with van der Waals surface area (Å²) in [5.41, 5.74) is 0.723. The zero-order valence-corrected chi connectivity index (χ0v) is 26.6. The Kier molecular flexibility index (Phi) is 13.9. The SMILES string of the molecule is CCC(C)C(=O)OCC(C)OCC(C)OCC(C)Oc1ccc(C(=O)Oc2ccc(OC(=O)c3ccc(OC)cc3)cc2)cc1. The summed E-state index contributed by atoms with van der Waals surface area (Å²) in [6.45, 7) is 10.3. The Bertz CT molecular complexity index is 1350. The van der Waals surface area contributed by atoms with Gasteiger partial charge in [0, 0.05) is 0 Å². The first kappa shape index (κ1) is 35.1. The molecule has 4 unspecified atom stereocenters. The van der Waals surface area contributed by atoms with Gasteiger partial charge in [0.05, 0.1) is 49.6 Å². The first-order chi connectivity index (χ1) is 21.6. The Balaban J connectivity index is 1.37. The monoisotopic (exact) mass is 622 g/mol. The molecule has 0 radical (unpaired) electrons. The summed E-state index contributed by atoms with van der Waals surface area (Å²) in [6.07, 6.45) is 0.0609. The van der Waals surface area contributed by atoms with Gasteiger partial charge < -0.3 is 33.2 Å². The Morgan fingerprint density at radius 2 is 1.00 bits per heavy atom. The quantitative estimate of drug-likeness (QED) is 0.125. The predicted molar refractivity (Wildman–Crippen MR) is 167 cm³/mol. The number of esters is 3. The highest BCUT2D eigenvalue weighted by Crippen LogP contribution is 2.21. The van der Waals surface area contributed by atoms with Gasteiger partial charge in [0.25, 0.3) is 0 Å². The van der Waals surface area contributed by atoms with Crippen molar-refractivity contribution >= 4 is 17.9 Å². The van der Waals surface area contributed by atoms with Crippen molar-refractivity contribution in [2.24, 2.45) is 5.92 Å². The third-order valence-electron chi connectivity index (χ3n) is 6.70. The van der Waals surface area contributed by atoms with Crippen LogP contribution in [-0.2, 0) is 19.0 Å². The van der Waals surface area contributed by atoms with Gasteiger partial charge in [-0.05, 0) is 100.0 Å². The molecule has 3 rings (SSSR count). The maximum Gasteiger partial charge on any atom is 0.343 e. The van der Waals surface area contributed by atoms with Crippen molar-refractivity contribution in [3.05, 3.63) is 83.9 Å². The molecule has 0 bridgehead atoms. The predicted octanol–water partition coefficient (Wildman–Crippen LogP) is 6.30. The molecular formula is C35H42O10. The molecule has 0 spiro atoms. The average molecular weight is 623 g/mol. The van der Waals surface area contributed by atoms with E-state index in [0.29, 0.717) is 47.3 Å². The number of carbonyl (C=O) groups is 3. The first-order valence-corrected chi connectivity index (χ1v) is 14.9. The van der Waals surface area contributed by atoms with Crippen molar-refractivity contribution in [2.45, 2.75) is 59.4 Å². The minimum atomic E-state index is -0.543. The van der Waals surface area contributed by atoms with Crippen LogP contribution >= 0.6 is 0 Å². The Labute approximate surface area is 264 Å². The van der Waals surface area contributed by atoms with Crippen molar-refractivity contribution in [2.75, 3.05) is 26.9 Å². The van der Waals surface area contributed by atoms with E-state index in [1.54, 1.807) is 79.9 Å². The number of methoxy groups -OCH3 is 1. The molecule has 0 aliphatic rings. The molecule has 0 saturated carbocycles. The molecular weight excluding hydrogens is 580 g/mol. The third kappa shape index (κ3) is 11.9. The van der Waals surface area contributed by atoms with E-state index in [9.17, 15) is 14.4 Å². The zero-order chi connectivity index (χ0) is 32.8. The van der Waals surface area contributed by atoms with E-state index >= 15 is 0 Å². The van der Waals surface area contributed by atoms with Gasteiger partial charge in [-0.25, -0.2) is 9.59 Å².